The van der Waals surface area contributed by atoms with E-state index >= 15 is 0 Å². The van der Waals surface area contributed by atoms with Gasteiger partial charge in [-0.2, -0.15) is 4.57 Å². The summed E-state index contributed by atoms with van der Waals surface area (Å²) in [6.45, 7) is 6.10. The summed E-state index contributed by atoms with van der Waals surface area (Å²) < 4.78 is 1.84. The maximum absolute atomic E-state index is 12.9. The van der Waals surface area contributed by atoms with Gasteiger partial charge in [0.15, 0.2) is 5.88 Å². The zero-order chi connectivity index (χ0) is 15.0. The van der Waals surface area contributed by atoms with Gasteiger partial charge in [0.05, 0.1) is 4.88 Å². The standard InChI is InChI=1S/C18H17NOS/c1-12-8-7-9-13(2)16(12)19-14(3)21-17(18(19)20)15-10-5-4-6-11-15/h4-11H,1-3H3. The summed E-state index contributed by atoms with van der Waals surface area (Å²) in [6.07, 6.45) is 0. The fraction of sp³-hybridized carbons (Fsp3) is 0.167. The predicted molar refractivity (Wildman–Crippen MR) is 84.9 cm³/mol. The molecule has 3 rings (SSSR count). The van der Waals surface area contributed by atoms with Crippen LogP contribution in [0.15, 0.2) is 48.5 Å². The number of hydrogen-bond acceptors (Lipinski definition) is 2. The Hall–Kier alpha value is -2.13. The van der Waals surface area contributed by atoms with E-state index in [2.05, 4.69) is 0 Å². The van der Waals surface area contributed by atoms with E-state index < -0.39 is 0 Å². The number of aryl methyl sites for hydroxylation is 3. The van der Waals surface area contributed by atoms with E-state index in [1.807, 2.05) is 73.9 Å². The van der Waals surface area contributed by atoms with Crippen LogP contribution in [-0.2, 0) is 0 Å². The van der Waals surface area contributed by atoms with E-state index in [0.717, 1.165) is 32.3 Å². The molecule has 0 saturated heterocycles. The Morgan fingerprint density at radius 1 is 0.857 bits per heavy atom. The molecule has 0 aliphatic rings. The van der Waals surface area contributed by atoms with Crippen LogP contribution in [0.2, 0.25) is 0 Å². The first-order valence-corrected chi connectivity index (χ1v) is 7.75. The molecular formula is C18H17NOS. The molecule has 0 aliphatic heterocycles. The zero-order valence-electron chi connectivity index (χ0n) is 12.4. The monoisotopic (exact) mass is 295 g/mol. The van der Waals surface area contributed by atoms with Gasteiger partial charge in [-0.25, -0.2) is 0 Å². The zero-order valence-corrected chi connectivity index (χ0v) is 13.2. The van der Waals surface area contributed by atoms with E-state index in [9.17, 15) is 5.11 Å². The molecule has 0 bridgehead atoms. The summed E-state index contributed by atoms with van der Waals surface area (Å²) in [7, 11) is 0. The fourth-order valence-electron chi connectivity index (χ4n) is 2.67. The molecule has 0 radical (unpaired) electrons. The van der Waals surface area contributed by atoms with Crippen LogP contribution in [0.3, 0.4) is 0 Å². The lowest BCUT2D eigenvalue weighted by molar-refractivity contribution is -0.651. The van der Waals surface area contributed by atoms with Crippen molar-refractivity contribution in [1.29, 1.82) is 0 Å². The molecule has 0 aliphatic carbocycles. The predicted octanol–water partition coefficient (Wildman–Crippen LogP) is 3.69. The van der Waals surface area contributed by atoms with E-state index in [1.54, 1.807) is 11.3 Å². The Kier molecular flexibility index (Phi) is 3.52. The van der Waals surface area contributed by atoms with Crippen molar-refractivity contribution in [2.24, 2.45) is 0 Å². The third kappa shape index (κ3) is 2.34. The molecule has 0 fully saturated rings. The molecule has 3 aromatic rings. The van der Waals surface area contributed by atoms with Gasteiger partial charge in [-0.1, -0.05) is 59.9 Å². The van der Waals surface area contributed by atoms with Gasteiger partial charge in [-0.3, -0.25) is 0 Å². The minimum atomic E-state index is 0.0705. The molecular weight excluding hydrogens is 278 g/mol. The summed E-state index contributed by atoms with van der Waals surface area (Å²) >= 11 is 1.56. The first kappa shape index (κ1) is 13.8. The number of para-hydroxylation sites is 1. The Labute approximate surface area is 129 Å². The molecule has 106 valence electrons. The van der Waals surface area contributed by atoms with Crippen molar-refractivity contribution in [3.8, 4) is 22.0 Å². The quantitative estimate of drug-likeness (QED) is 0.662. The van der Waals surface area contributed by atoms with E-state index in [1.165, 1.54) is 0 Å². The minimum Gasteiger partial charge on any atom is -0.822 e. The van der Waals surface area contributed by atoms with Crippen molar-refractivity contribution >= 4 is 11.3 Å². The highest BCUT2D eigenvalue weighted by atomic mass is 32.1. The Morgan fingerprint density at radius 3 is 2.10 bits per heavy atom. The smallest absolute Gasteiger partial charge is 0.240 e. The molecule has 2 aromatic carbocycles. The van der Waals surface area contributed by atoms with Crippen LogP contribution in [0.1, 0.15) is 16.1 Å². The van der Waals surface area contributed by atoms with Gasteiger partial charge in [-0.05, 0) is 19.4 Å². The van der Waals surface area contributed by atoms with Crippen LogP contribution in [0.5, 0.6) is 5.88 Å². The fourth-order valence-corrected chi connectivity index (χ4v) is 3.66. The largest absolute Gasteiger partial charge is 0.822 e. The van der Waals surface area contributed by atoms with E-state index in [0.29, 0.717) is 0 Å². The van der Waals surface area contributed by atoms with Crippen LogP contribution >= 0.6 is 11.3 Å². The lowest BCUT2D eigenvalue weighted by Gasteiger charge is -2.09. The maximum Gasteiger partial charge on any atom is 0.240 e. The van der Waals surface area contributed by atoms with Crippen molar-refractivity contribution in [3.05, 3.63) is 64.7 Å². The maximum atomic E-state index is 12.9. The van der Waals surface area contributed by atoms with Gasteiger partial charge in [0, 0.05) is 18.1 Å². The Balaban J connectivity index is 2.25. The number of nitrogens with zero attached hydrogens (tertiary/aromatic N) is 1. The average molecular weight is 295 g/mol. The number of thiazole rings is 1. The van der Waals surface area contributed by atoms with E-state index in [4.69, 9.17) is 0 Å². The van der Waals surface area contributed by atoms with Gasteiger partial charge < -0.3 is 5.11 Å². The number of benzene rings is 2. The highest BCUT2D eigenvalue weighted by molar-refractivity contribution is 7.15. The second-order valence-electron chi connectivity index (χ2n) is 5.20. The van der Waals surface area contributed by atoms with Crippen LogP contribution in [-0.4, -0.2) is 0 Å². The SMILES string of the molecule is Cc1cccc(C)c1-[n+]1c(C)sc(-c2ccccc2)c1[O-]. The van der Waals surface area contributed by atoms with E-state index in [-0.39, 0.29) is 5.88 Å². The third-order valence-electron chi connectivity index (χ3n) is 3.66. The highest BCUT2D eigenvalue weighted by Crippen LogP contribution is 2.33. The van der Waals surface area contributed by atoms with Crippen molar-refractivity contribution < 1.29 is 9.67 Å². The average Bonchev–Trinajstić information content (AvgIpc) is 2.76. The topological polar surface area (TPSA) is 26.9 Å². The van der Waals surface area contributed by atoms with Gasteiger partial charge in [-0.15, -0.1) is 0 Å². The van der Waals surface area contributed by atoms with Gasteiger partial charge in [0.25, 0.3) is 0 Å². The summed E-state index contributed by atoms with van der Waals surface area (Å²) in [6, 6.07) is 16.0. The number of aromatic nitrogens is 1. The van der Waals surface area contributed by atoms with Crippen molar-refractivity contribution in [2.75, 3.05) is 0 Å². The number of rotatable bonds is 2. The lowest BCUT2D eigenvalue weighted by atomic mass is 10.1. The Bertz CT molecular complexity index is 770. The third-order valence-corrected chi connectivity index (χ3v) is 4.75. The van der Waals surface area contributed by atoms with Crippen LogP contribution in [0.25, 0.3) is 16.1 Å². The first-order valence-electron chi connectivity index (χ1n) is 6.94. The lowest BCUT2D eigenvalue weighted by Crippen LogP contribution is -2.36. The summed E-state index contributed by atoms with van der Waals surface area (Å²) in [5.41, 5.74) is 4.24. The van der Waals surface area contributed by atoms with Crippen molar-refractivity contribution in [3.63, 3.8) is 0 Å². The normalized spacial score (nSPS) is 10.8. The molecule has 1 aromatic heterocycles. The molecule has 3 heteroatoms. The molecule has 1 heterocycles. The summed E-state index contributed by atoms with van der Waals surface area (Å²) in [5, 5.41) is 13.9. The van der Waals surface area contributed by atoms with Crippen LogP contribution in [0, 0.1) is 20.8 Å². The second kappa shape index (κ2) is 5.34. The number of hydrogen-bond donors (Lipinski definition) is 0. The van der Waals surface area contributed by atoms with Crippen LogP contribution < -0.4 is 9.67 Å². The molecule has 2 nitrogen and oxygen atoms in total. The highest BCUT2D eigenvalue weighted by Gasteiger charge is 2.23. The van der Waals surface area contributed by atoms with Crippen molar-refractivity contribution in [1.82, 2.24) is 0 Å². The first-order chi connectivity index (χ1) is 10.1. The van der Waals surface area contributed by atoms with Crippen molar-refractivity contribution in [2.45, 2.75) is 20.8 Å². The molecule has 21 heavy (non-hydrogen) atoms. The van der Waals surface area contributed by atoms with Gasteiger partial charge in [0.1, 0.15) is 0 Å². The molecule has 0 spiro atoms. The summed E-state index contributed by atoms with van der Waals surface area (Å²) in [4.78, 5) is 0.802. The van der Waals surface area contributed by atoms with Crippen LogP contribution in [0.4, 0.5) is 0 Å². The van der Waals surface area contributed by atoms with Gasteiger partial charge >= 0.3 is 0 Å². The van der Waals surface area contributed by atoms with Gasteiger partial charge in [0.2, 0.25) is 10.7 Å². The molecule has 0 N–H and O–H groups in total. The molecule has 0 atom stereocenters. The minimum absolute atomic E-state index is 0.0705. The summed E-state index contributed by atoms with van der Waals surface area (Å²) in [5.74, 6) is 0.0705. The second-order valence-corrected chi connectivity index (χ2v) is 6.40. The molecule has 0 saturated carbocycles. The molecule has 0 unspecified atom stereocenters. The molecule has 0 amide bonds. The Morgan fingerprint density at radius 2 is 1.48 bits per heavy atom.